The molecule has 82 valence electrons. The van der Waals surface area contributed by atoms with Gasteiger partial charge in [0.15, 0.2) is 0 Å². The molecule has 4 heteroatoms. The summed E-state index contributed by atoms with van der Waals surface area (Å²) < 4.78 is 0. The van der Waals surface area contributed by atoms with Crippen molar-refractivity contribution in [1.82, 2.24) is 15.8 Å². The Morgan fingerprint density at radius 1 is 1.19 bits per heavy atom. The average Bonchev–Trinajstić information content (AvgIpc) is 3.08. The van der Waals surface area contributed by atoms with Crippen molar-refractivity contribution in [3.63, 3.8) is 0 Å². The molecule has 16 heavy (non-hydrogen) atoms. The number of benzene rings is 1. The Balaban J connectivity index is 1.91. The van der Waals surface area contributed by atoms with E-state index in [9.17, 15) is 0 Å². The van der Waals surface area contributed by atoms with Crippen LogP contribution in [0.25, 0.3) is 5.57 Å². The lowest BCUT2D eigenvalue weighted by molar-refractivity contribution is 0.403. The van der Waals surface area contributed by atoms with Crippen LogP contribution >= 0.6 is 15.9 Å². The maximum Gasteiger partial charge on any atom is 0.145 e. The third kappa shape index (κ3) is 1.80. The highest BCUT2D eigenvalue weighted by atomic mass is 79.9. The normalized spacial score (nSPS) is 31.8. The van der Waals surface area contributed by atoms with Crippen molar-refractivity contribution in [3.8, 4) is 0 Å². The van der Waals surface area contributed by atoms with Gasteiger partial charge in [-0.3, -0.25) is 0 Å². The predicted octanol–water partition coefficient (Wildman–Crippen LogP) is 2.01. The summed E-state index contributed by atoms with van der Waals surface area (Å²) >= 11 is 3.51. The molecule has 2 aliphatic rings. The number of rotatable bonds is 2. The number of nitrogens with one attached hydrogen (secondary N) is 2. The summed E-state index contributed by atoms with van der Waals surface area (Å²) in [5.41, 5.74) is 5.74. The van der Waals surface area contributed by atoms with Gasteiger partial charge in [0.05, 0.1) is 0 Å². The fourth-order valence-electron chi connectivity index (χ4n) is 1.89. The molecule has 1 aromatic rings. The number of allylic oxidation sites excluding steroid dienone is 2. The molecule has 1 aromatic carbocycles. The fourth-order valence-corrected chi connectivity index (χ4v) is 2.36. The van der Waals surface area contributed by atoms with Crippen LogP contribution in [0.15, 0.2) is 48.7 Å². The second-order valence-electron chi connectivity index (χ2n) is 3.79. The van der Waals surface area contributed by atoms with E-state index in [1.807, 2.05) is 18.3 Å². The summed E-state index contributed by atoms with van der Waals surface area (Å²) in [6.45, 7) is 0. The molecular weight excluding hydrogens is 266 g/mol. The van der Waals surface area contributed by atoms with Gasteiger partial charge in [0.25, 0.3) is 0 Å². The van der Waals surface area contributed by atoms with E-state index in [0.717, 1.165) is 0 Å². The number of dihydropyridines is 1. The van der Waals surface area contributed by atoms with Crippen LogP contribution in [-0.2, 0) is 0 Å². The van der Waals surface area contributed by atoms with Gasteiger partial charge in [-0.1, -0.05) is 52.3 Å². The first kappa shape index (κ1) is 10.1. The fraction of sp³-hybridized carbons (Fsp3) is 0.167. The van der Waals surface area contributed by atoms with Crippen LogP contribution in [0.1, 0.15) is 5.56 Å². The summed E-state index contributed by atoms with van der Waals surface area (Å²) in [4.78, 5) is 0. The van der Waals surface area contributed by atoms with Crippen LogP contribution in [0.4, 0.5) is 0 Å². The second kappa shape index (κ2) is 4.05. The summed E-state index contributed by atoms with van der Waals surface area (Å²) in [6.07, 6.45) is 6.34. The number of hydrazine groups is 1. The zero-order chi connectivity index (χ0) is 11.0. The molecular formula is C12H12BrN3. The van der Waals surface area contributed by atoms with E-state index in [-0.39, 0.29) is 11.2 Å². The van der Waals surface area contributed by atoms with Gasteiger partial charge in [0, 0.05) is 0 Å². The SMILES string of the molecule is BrC1NN1C1NC=CC=C1c1ccccc1. The highest BCUT2D eigenvalue weighted by molar-refractivity contribution is 9.09. The van der Waals surface area contributed by atoms with Gasteiger partial charge in [-0.2, -0.15) is 5.01 Å². The van der Waals surface area contributed by atoms with Crippen molar-refractivity contribution >= 4 is 21.5 Å². The molecule has 0 aliphatic carbocycles. The molecule has 0 amide bonds. The minimum absolute atomic E-state index is 0.191. The van der Waals surface area contributed by atoms with E-state index in [0.29, 0.717) is 0 Å². The summed E-state index contributed by atoms with van der Waals surface area (Å²) in [7, 11) is 0. The van der Waals surface area contributed by atoms with Crippen molar-refractivity contribution in [2.75, 3.05) is 0 Å². The van der Waals surface area contributed by atoms with Crippen molar-refractivity contribution in [2.24, 2.45) is 0 Å². The molecule has 0 aromatic heterocycles. The number of halogens is 1. The van der Waals surface area contributed by atoms with Gasteiger partial charge in [-0.25, -0.2) is 5.43 Å². The highest BCUT2D eigenvalue weighted by Crippen LogP contribution is 2.29. The number of nitrogens with zero attached hydrogens (tertiary/aromatic N) is 1. The Labute approximate surface area is 103 Å². The molecule has 3 nitrogen and oxygen atoms in total. The molecule has 0 spiro atoms. The molecule has 0 saturated carbocycles. The van der Waals surface area contributed by atoms with Crippen LogP contribution in [0, 0.1) is 0 Å². The maximum absolute atomic E-state index is 3.51. The summed E-state index contributed by atoms with van der Waals surface area (Å²) in [6, 6.07) is 10.4. The van der Waals surface area contributed by atoms with Gasteiger partial charge in [-0.15, -0.1) is 0 Å². The average molecular weight is 278 g/mol. The Hall–Kier alpha value is -1.10. The van der Waals surface area contributed by atoms with E-state index in [4.69, 9.17) is 0 Å². The van der Waals surface area contributed by atoms with E-state index >= 15 is 0 Å². The van der Waals surface area contributed by atoms with Gasteiger partial charge in [0.1, 0.15) is 11.2 Å². The van der Waals surface area contributed by atoms with Crippen LogP contribution in [0.3, 0.4) is 0 Å². The summed E-state index contributed by atoms with van der Waals surface area (Å²) in [5.74, 6) is 0. The second-order valence-corrected chi connectivity index (χ2v) is 4.66. The lowest BCUT2D eigenvalue weighted by atomic mass is 10.0. The Morgan fingerprint density at radius 2 is 1.94 bits per heavy atom. The first-order valence-electron chi connectivity index (χ1n) is 5.23. The molecule has 3 rings (SSSR count). The van der Waals surface area contributed by atoms with Crippen LogP contribution in [0.2, 0.25) is 0 Å². The Bertz CT molecular complexity index is 441. The third-order valence-corrected chi connectivity index (χ3v) is 3.38. The molecule has 3 unspecified atom stereocenters. The lowest BCUT2D eigenvalue weighted by Gasteiger charge is -2.23. The van der Waals surface area contributed by atoms with Gasteiger partial charge >= 0.3 is 0 Å². The van der Waals surface area contributed by atoms with E-state index in [1.165, 1.54) is 11.1 Å². The van der Waals surface area contributed by atoms with Crippen molar-refractivity contribution in [3.05, 3.63) is 54.2 Å². The molecule has 3 atom stereocenters. The quantitative estimate of drug-likeness (QED) is 0.493. The molecule has 0 bridgehead atoms. The largest absolute Gasteiger partial charge is 0.371 e. The van der Waals surface area contributed by atoms with Crippen LogP contribution < -0.4 is 10.7 Å². The minimum atomic E-state index is 0.191. The van der Waals surface area contributed by atoms with Crippen molar-refractivity contribution in [2.45, 2.75) is 11.2 Å². The number of hydrogen-bond donors (Lipinski definition) is 2. The minimum Gasteiger partial charge on any atom is -0.371 e. The van der Waals surface area contributed by atoms with Crippen LogP contribution in [0.5, 0.6) is 0 Å². The molecule has 0 radical (unpaired) electrons. The third-order valence-electron chi connectivity index (χ3n) is 2.74. The highest BCUT2D eigenvalue weighted by Gasteiger charge is 2.39. The number of alkyl halides is 1. The Morgan fingerprint density at radius 3 is 2.62 bits per heavy atom. The zero-order valence-electron chi connectivity index (χ0n) is 8.60. The predicted molar refractivity (Wildman–Crippen MR) is 68.2 cm³/mol. The first-order chi connectivity index (χ1) is 7.86. The molecule has 2 N–H and O–H groups in total. The zero-order valence-corrected chi connectivity index (χ0v) is 10.2. The van der Waals surface area contributed by atoms with Crippen LogP contribution in [-0.4, -0.2) is 16.2 Å². The van der Waals surface area contributed by atoms with Gasteiger partial charge in [0.2, 0.25) is 0 Å². The first-order valence-corrected chi connectivity index (χ1v) is 6.14. The van der Waals surface area contributed by atoms with Crippen molar-refractivity contribution < 1.29 is 0 Å². The Kier molecular flexibility index (Phi) is 2.55. The molecule has 1 fully saturated rings. The van der Waals surface area contributed by atoms with Crippen molar-refractivity contribution in [1.29, 1.82) is 0 Å². The van der Waals surface area contributed by atoms with E-state index < -0.39 is 0 Å². The molecule has 2 heterocycles. The molecule has 2 aliphatic heterocycles. The maximum atomic E-state index is 3.51. The summed E-state index contributed by atoms with van der Waals surface area (Å²) in [5, 5.41) is 5.74. The monoisotopic (exact) mass is 277 g/mol. The standard InChI is InChI=1S/C12H12BrN3/c13-12-15-16(12)11-10(7-4-8-14-11)9-5-2-1-3-6-9/h1-8,11-12,14-15H. The lowest BCUT2D eigenvalue weighted by Crippen LogP contribution is -2.36. The van der Waals surface area contributed by atoms with Gasteiger partial charge < -0.3 is 5.32 Å². The van der Waals surface area contributed by atoms with E-state index in [1.54, 1.807) is 0 Å². The smallest absolute Gasteiger partial charge is 0.145 e. The topological polar surface area (TPSA) is 37.0 Å². The van der Waals surface area contributed by atoms with Gasteiger partial charge in [-0.05, 0) is 23.4 Å². The number of hydrogen-bond acceptors (Lipinski definition) is 3. The van der Waals surface area contributed by atoms with E-state index in [2.05, 4.69) is 62.0 Å². The molecule has 1 saturated heterocycles.